The van der Waals surface area contributed by atoms with Gasteiger partial charge in [-0.05, 0) is 68.9 Å². The van der Waals surface area contributed by atoms with Gasteiger partial charge in [0.25, 0.3) is 5.91 Å². The summed E-state index contributed by atoms with van der Waals surface area (Å²) in [5, 5.41) is 3.87. The molecule has 0 radical (unpaired) electrons. The van der Waals surface area contributed by atoms with Gasteiger partial charge in [-0.1, -0.05) is 34.8 Å². The van der Waals surface area contributed by atoms with Gasteiger partial charge in [-0.2, -0.15) is 0 Å². The van der Waals surface area contributed by atoms with Gasteiger partial charge >= 0.3 is 0 Å². The summed E-state index contributed by atoms with van der Waals surface area (Å²) in [6.45, 7) is 0. The molecular weight excluding hydrogens is 499 g/mol. The summed E-state index contributed by atoms with van der Waals surface area (Å²) in [6.07, 6.45) is 0. The number of amides is 1. The number of benzene rings is 2. The van der Waals surface area contributed by atoms with E-state index < -0.39 is 0 Å². The molecule has 0 aliphatic carbocycles. The summed E-state index contributed by atoms with van der Waals surface area (Å²) < 4.78 is 1.55. The Labute approximate surface area is 153 Å². The van der Waals surface area contributed by atoms with Crippen molar-refractivity contribution in [3.8, 4) is 0 Å². The van der Waals surface area contributed by atoms with Crippen molar-refractivity contribution in [3.63, 3.8) is 0 Å². The van der Waals surface area contributed by atoms with Gasteiger partial charge in [0.05, 0.1) is 20.8 Å². The zero-order valence-electron chi connectivity index (χ0n) is 9.68. The van der Waals surface area contributed by atoms with Crippen LogP contribution < -0.4 is 5.32 Å². The molecule has 1 N–H and O–H groups in total. The molecule has 0 unspecified atom stereocenters. The zero-order chi connectivity index (χ0) is 14.9. The zero-order valence-corrected chi connectivity index (χ0v) is 15.7. The van der Waals surface area contributed by atoms with Crippen LogP contribution in [0.3, 0.4) is 0 Å². The molecule has 0 bridgehead atoms. The number of anilines is 1. The van der Waals surface area contributed by atoms with Crippen LogP contribution in [0.15, 0.2) is 34.8 Å². The standard InChI is InChI=1S/C13H6BrCl3INO/c14-7-2-4-10(12(17)11(7)16)19-13(20)6-1-3-9(18)8(15)5-6/h1-5H,(H,19,20). The third kappa shape index (κ3) is 3.60. The molecule has 0 aromatic heterocycles. The van der Waals surface area contributed by atoms with Gasteiger partial charge in [0.15, 0.2) is 0 Å². The van der Waals surface area contributed by atoms with Crippen LogP contribution in [0.5, 0.6) is 0 Å². The maximum atomic E-state index is 12.1. The first-order valence-corrected chi connectivity index (χ1v) is 8.30. The second kappa shape index (κ2) is 6.83. The lowest BCUT2D eigenvalue weighted by molar-refractivity contribution is 0.102. The minimum atomic E-state index is -0.302. The smallest absolute Gasteiger partial charge is 0.255 e. The largest absolute Gasteiger partial charge is 0.321 e. The Balaban J connectivity index is 2.28. The molecule has 0 spiro atoms. The molecule has 0 heterocycles. The molecular formula is C13H6BrCl3INO. The summed E-state index contributed by atoms with van der Waals surface area (Å²) in [5.74, 6) is -0.302. The molecule has 2 aromatic rings. The third-order valence-corrected chi connectivity index (χ3v) is 5.81. The summed E-state index contributed by atoms with van der Waals surface area (Å²) >= 11 is 23.4. The SMILES string of the molecule is O=C(Nc1ccc(Br)c(Cl)c1Cl)c1ccc(I)c(Cl)c1. The highest BCUT2D eigenvalue weighted by Crippen LogP contribution is 2.36. The number of halogens is 5. The molecule has 7 heteroatoms. The maximum Gasteiger partial charge on any atom is 0.255 e. The molecule has 0 fully saturated rings. The van der Waals surface area contributed by atoms with Gasteiger partial charge < -0.3 is 5.32 Å². The second-order valence-electron chi connectivity index (χ2n) is 3.81. The quantitative estimate of drug-likeness (QED) is 0.379. The highest BCUT2D eigenvalue weighted by atomic mass is 127. The van der Waals surface area contributed by atoms with Crippen LogP contribution in [0.2, 0.25) is 15.1 Å². The van der Waals surface area contributed by atoms with Crippen molar-refractivity contribution in [1.29, 1.82) is 0 Å². The molecule has 0 saturated heterocycles. The van der Waals surface area contributed by atoms with E-state index in [1.54, 1.807) is 30.3 Å². The lowest BCUT2D eigenvalue weighted by Crippen LogP contribution is -2.12. The van der Waals surface area contributed by atoms with Crippen LogP contribution in [-0.4, -0.2) is 5.91 Å². The van der Waals surface area contributed by atoms with Gasteiger partial charge in [0.1, 0.15) is 0 Å². The number of hydrogen-bond acceptors (Lipinski definition) is 1. The van der Waals surface area contributed by atoms with E-state index in [9.17, 15) is 4.79 Å². The van der Waals surface area contributed by atoms with E-state index in [1.165, 1.54) is 0 Å². The maximum absolute atomic E-state index is 12.1. The average Bonchev–Trinajstić information content (AvgIpc) is 2.42. The van der Waals surface area contributed by atoms with Crippen LogP contribution in [0, 0.1) is 3.57 Å². The molecule has 0 atom stereocenters. The molecule has 0 saturated carbocycles. The van der Waals surface area contributed by atoms with Crippen molar-refractivity contribution in [2.45, 2.75) is 0 Å². The van der Waals surface area contributed by atoms with Crippen LogP contribution in [0.1, 0.15) is 10.4 Å². The fourth-order valence-corrected chi connectivity index (χ4v) is 2.79. The van der Waals surface area contributed by atoms with Gasteiger partial charge in [-0.3, -0.25) is 4.79 Å². The van der Waals surface area contributed by atoms with E-state index in [0.29, 0.717) is 25.8 Å². The first-order chi connectivity index (χ1) is 9.40. The molecule has 20 heavy (non-hydrogen) atoms. The molecule has 0 aliphatic heterocycles. The Morgan fingerprint density at radius 2 is 1.80 bits per heavy atom. The van der Waals surface area contributed by atoms with Crippen LogP contribution in [0.25, 0.3) is 0 Å². The predicted molar refractivity (Wildman–Crippen MR) is 96.3 cm³/mol. The van der Waals surface area contributed by atoms with Crippen molar-refractivity contribution < 1.29 is 4.79 Å². The highest BCUT2D eigenvalue weighted by molar-refractivity contribution is 14.1. The van der Waals surface area contributed by atoms with E-state index in [0.717, 1.165) is 3.57 Å². The van der Waals surface area contributed by atoms with Crippen LogP contribution in [0.4, 0.5) is 5.69 Å². The van der Waals surface area contributed by atoms with Crippen LogP contribution in [-0.2, 0) is 0 Å². The minimum Gasteiger partial charge on any atom is -0.321 e. The monoisotopic (exact) mass is 503 g/mol. The third-order valence-electron chi connectivity index (χ3n) is 2.47. The number of nitrogens with one attached hydrogen (secondary N) is 1. The minimum absolute atomic E-state index is 0.283. The number of rotatable bonds is 2. The van der Waals surface area contributed by atoms with E-state index in [1.807, 2.05) is 0 Å². The van der Waals surface area contributed by atoms with Gasteiger partial charge in [-0.15, -0.1) is 0 Å². The highest BCUT2D eigenvalue weighted by Gasteiger charge is 2.13. The number of carbonyl (C=O) groups excluding carboxylic acids is 1. The average molecular weight is 505 g/mol. The normalized spacial score (nSPS) is 10.4. The summed E-state index contributed by atoms with van der Waals surface area (Å²) in [4.78, 5) is 12.1. The lowest BCUT2D eigenvalue weighted by atomic mass is 10.2. The number of hydrogen-bond donors (Lipinski definition) is 1. The fraction of sp³-hybridized carbons (Fsp3) is 0. The lowest BCUT2D eigenvalue weighted by Gasteiger charge is -2.10. The summed E-state index contributed by atoms with van der Waals surface area (Å²) in [6, 6.07) is 8.45. The fourth-order valence-electron chi connectivity index (χ4n) is 1.45. The van der Waals surface area contributed by atoms with Crippen LogP contribution >= 0.6 is 73.3 Å². The molecule has 2 nitrogen and oxygen atoms in total. The van der Waals surface area contributed by atoms with Crippen molar-refractivity contribution in [2.75, 3.05) is 5.32 Å². The van der Waals surface area contributed by atoms with Gasteiger partial charge in [-0.25, -0.2) is 0 Å². The van der Waals surface area contributed by atoms with Crippen molar-refractivity contribution >= 4 is 84.9 Å². The summed E-state index contributed by atoms with van der Waals surface area (Å²) in [5.41, 5.74) is 0.894. The summed E-state index contributed by atoms with van der Waals surface area (Å²) in [7, 11) is 0. The van der Waals surface area contributed by atoms with Crippen molar-refractivity contribution in [3.05, 3.63) is 59.0 Å². The predicted octanol–water partition coefficient (Wildman–Crippen LogP) is 6.27. The Morgan fingerprint density at radius 1 is 1.10 bits per heavy atom. The van der Waals surface area contributed by atoms with Gasteiger partial charge in [0, 0.05) is 13.6 Å². The Bertz CT molecular complexity index is 694. The van der Waals surface area contributed by atoms with Gasteiger partial charge in [0.2, 0.25) is 0 Å². The Morgan fingerprint density at radius 3 is 2.45 bits per heavy atom. The topological polar surface area (TPSA) is 29.1 Å². The Hall–Kier alpha value is -0.0100. The second-order valence-corrected chi connectivity index (χ2v) is 6.99. The van der Waals surface area contributed by atoms with Crippen molar-refractivity contribution in [2.24, 2.45) is 0 Å². The Kier molecular flexibility index (Phi) is 5.59. The van der Waals surface area contributed by atoms with E-state index in [4.69, 9.17) is 34.8 Å². The van der Waals surface area contributed by atoms with E-state index in [2.05, 4.69) is 43.8 Å². The van der Waals surface area contributed by atoms with E-state index >= 15 is 0 Å². The molecule has 2 aromatic carbocycles. The molecule has 0 aliphatic rings. The first kappa shape index (κ1) is 16.4. The number of carbonyl (C=O) groups is 1. The molecule has 1 amide bonds. The molecule has 2 rings (SSSR count). The molecule has 104 valence electrons. The first-order valence-electron chi connectivity index (χ1n) is 5.30. The van der Waals surface area contributed by atoms with E-state index in [-0.39, 0.29) is 10.9 Å². The van der Waals surface area contributed by atoms with Crippen molar-refractivity contribution in [1.82, 2.24) is 0 Å².